The summed E-state index contributed by atoms with van der Waals surface area (Å²) in [6.45, 7) is 2.26. The van der Waals surface area contributed by atoms with Gasteiger partial charge in [0, 0.05) is 17.8 Å². The summed E-state index contributed by atoms with van der Waals surface area (Å²) in [7, 11) is 0. The first-order chi connectivity index (χ1) is 12.1. The van der Waals surface area contributed by atoms with Gasteiger partial charge in [-0.15, -0.1) is 10.2 Å². The lowest BCUT2D eigenvalue weighted by atomic mass is 10.1. The van der Waals surface area contributed by atoms with Gasteiger partial charge in [-0.1, -0.05) is 41.7 Å². The molecule has 0 fully saturated rings. The molecule has 1 aromatic heterocycles. The van der Waals surface area contributed by atoms with Gasteiger partial charge in [-0.2, -0.15) is 0 Å². The average molecular weight is 352 g/mol. The van der Waals surface area contributed by atoms with Gasteiger partial charge in [0.25, 0.3) is 11.8 Å². The van der Waals surface area contributed by atoms with Gasteiger partial charge < -0.3 is 10.6 Å². The molecule has 0 unspecified atom stereocenters. The van der Waals surface area contributed by atoms with Crippen LogP contribution in [0.4, 0.5) is 5.69 Å². The number of benzene rings is 2. The molecule has 2 aromatic carbocycles. The lowest BCUT2D eigenvalue weighted by molar-refractivity contribution is 0.0950. The Morgan fingerprint density at radius 3 is 2.32 bits per heavy atom. The average Bonchev–Trinajstić information content (AvgIpc) is 3.08. The van der Waals surface area contributed by atoms with E-state index in [1.54, 1.807) is 31.2 Å². The zero-order valence-corrected chi connectivity index (χ0v) is 14.3. The molecule has 0 spiro atoms. The maximum absolute atomic E-state index is 12.2. The summed E-state index contributed by atoms with van der Waals surface area (Å²) in [5, 5.41) is 14.3. The van der Waals surface area contributed by atoms with Crippen molar-refractivity contribution in [3.63, 3.8) is 0 Å². The molecule has 7 heteroatoms. The van der Waals surface area contributed by atoms with Crippen LogP contribution in [0.1, 0.15) is 30.7 Å². The molecule has 3 rings (SSSR count). The summed E-state index contributed by atoms with van der Waals surface area (Å²) >= 11 is 1.23. The van der Waals surface area contributed by atoms with Gasteiger partial charge >= 0.3 is 0 Å². The number of carbonyl (C=O) groups excluding carboxylic acids is 2. The molecule has 0 bridgehead atoms. The maximum atomic E-state index is 12.2. The molecule has 25 heavy (non-hydrogen) atoms. The van der Waals surface area contributed by atoms with E-state index in [2.05, 4.69) is 20.8 Å². The van der Waals surface area contributed by atoms with Crippen molar-refractivity contribution >= 4 is 28.8 Å². The topological polar surface area (TPSA) is 84.0 Å². The summed E-state index contributed by atoms with van der Waals surface area (Å²) in [4.78, 5) is 24.2. The van der Waals surface area contributed by atoms with E-state index < -0.39 is 0 Å². The van der Waals surface area contributed by atoms with Crippen molar-refractivity contribution in [2.75, 3.05) is 5.32 Å². The van der Waals surface area contributed by atoms with Gasteiger partial charge in [-0.05, 0) is 36.8 Å². The van der Waals surface area contributed by atoms with Gasteiger partial charge in [-0.25, -0.2) is 0 Å². The van der Waals surface area contributed by atoms with Crippen LogP contribution < -0.4 is 10.6 Å². The largest absolute Gasteiger partial charge is 0.348 e. The Kier molecular flexibility index (Phi) is 5.15. The molecule has 2 amide bonds. The highest BCUT2D eigenvalue weighted by Crippen LogP contribution is 2.14. The molecule has 0 radical (unpaired) electrons. The molecule has 0 aliphatic rings. The van der Waals surface area contributed by atoms with E-state index in [0.29, 0.717) is 22.8 Å². The van der Waals surface area contributed by atoms with Crippen molar-refractivity contribution in [3.8, 4) is 0 Å². The molecular formula is C18H16N4O2S. The third-order valence-corrected chi connectivity index (χ3v) is 4.26. The van der Waals surface area contributed by atoms with Crippen molar-refractivity contribution in [2.45, 2.75) is 13.5 Å². The first kappa shape index (κ1) is 16.8. The van der Waals surface area contributed by atoms with E-state index >= 15 is 0 Å². The molecule has 3 aromatic rings. The molecule has 0 aliphatic heterocycles. The molecule has 126 valence electrons. The van der Waals surface area contributed by atoms with E-state index in [0.717, 1.165) is 10.6 Å². The van der Waals surface area contributed by atoms with Crippen molar-refractivity contribution < 1.29 is 9.59 Å². The number of hydrogen-bond acceptors (Lipinski definition) is 5. The highest BCUT2D eigenvalue weighted by atomic mass is 32.1. The highest BCUT2D eigenvalue weighted by Gasteiger charge is 2.12. The minimum Gasteiger partial charge on any atom is -0.348 e. The minimum absolute atomic E-state index is 0.165. The monoisotopic (exact) mass is 352 g/mol. The zero-order chi connectivity index (χ0) is 17.6. The second kappa shape index (κ2) is 7.67. The third kappa shape index (κ3) is 4.48. The molecule has 2 N–H and O–H groups in total. The van der Waals surface area contributed by atoms with E-state index in [9.17, 15) is 9.59 Å². The van der Waals surface area contributed by atoms with Gasteiger partial charge in [-0.3, -0.25) is 9.59 Å². The van der Waals surface area contributed by atoms with Crippen LogP contribution in [-0.4, -0.2) is 22.0 Å². The Labute approximate surface area is 148 Å². The van der Waals surface area contributed by atoms with Gasteiger partial charge in [0.2, 0.25) is 5.01 Å². The number of carbonyl (C=O) groups is 2. The standard InChI is InChI=1S/C18H16N4O2S/c1-12-21-22-18(25-12)17(24)20-15-9-7-14(8-10-15)16(23)19-11-13-5-3-2-4-6-13/h2-10H,11H2,1H3,(H,19,23)(H,20,24). The van der Waals surface area contributed by atoms with Crippen LogP contribution in [0.25, 0.3) is 0 Å². The van der Waals surface area contributed by atoms with E-state index in [1.165, 1.54) is 11.3 Å². The second-order valence-corrected chi connectivity index (χ2v) is 6.51. The lowest BCUT2D eigenvalue weighted by Crippen LogP contribution is -2.22. The van der Waals surface area contributed by atoms with E-state index in [1.807, 2.05) is 30.3 Å². The van der Waals surface area contributed by atoms with Crippen molar-refractivity contribution in [1.82, 2.24) is 15.5 Å². The molecule has 0 atom stereocenters. The van der Waals surface area contributed by atoms with Gasteiger partial charge in [0.1, 0.15) is 5.01 Å². The Balaban J connectivity index is 1.58. The first-order valence-corrected chi connectivity index (χ1v) is 8.47. The van der Waals surface area contributed by atoms with Gasteiger partial charge in [0.15, 0.2) is 0 Å². The van der Waals surface area contributed by atoms with Crippen LogP contribution in [0.3, 0.4) is 0 Å². The fraction of sp³-hybridized carbons (Fsp3) is 0.111. The van der Waals surface area contributed by atoms with Crippen LogP contribution >= 0.6 is 11.3 Å². The van der Waals surface area contributed by atoms with Crippen molar-refractivity contribution in [3.05, 3.63) is 75.7 Å². The summed E-state index contributed by atoms with van der Waals surface area (Å²) in [5.74, 6) is -0.478. The number of rotatable bonds is 5. The highest BCUT2D eigenvalue weighted by molar-refractivity contribution is 7.13. The van der Waals surface area contributed by atoms with Crippen LogP contribution in [0.5, 0.6) is 0 Å². The Morgan fingerprint density at radius 1 is 0.960 bits per heavy atom. The van der Waals surface area contributed by atoms with Gasteiger partial charge in [0.05, 0.1) is 0 Å². The third-order valence-electron chi connectivity index (χ3n) is 3.42. The zero-order valence-electron chi connectivity index (χ0n) is 13.5. The smallest absolute Gasteiger partial charge is 0.286 e. The lowest BCUT2D eigenvalue weighted by Gasteiger charge is -2.07. The quantitative estimate of drug-likeness (QED) is 0.739. The van der Waals surface area contributed by atoms with Crippen LogP contribution in [0, 0.1) is 6.92 Å². The number of amides is 2. The number of nitrogens with zero attached hydrogens (tertiary/aromatic N) is 2. The maximum Gasteiger partial charge on any atom is 0.286 e. The van der Waals surface area contributed by atoms with Crippen molar-refractivity contribution in [1.29, 1.82) is 0 Å². The predicted molar refractivity (Wildman–Crippen MR) is 96.7 cm³/mol. The number of aryl methyl sites for hydroxylation is 1. The Hall–Kier alpha value is -3.06. The first-order valence-electron chi connectivity index (χ1n) is 7.65. The number of anilines is 1. The van der Waals surface area contributed by atoms with E-state index in [-0.39, 0.29) is 11.8 Å². The normalized spacial score (nSPS) is 10.3. The number of hydrogen-bond donors (Lipinski definition) is 2. The second-order valence-electron chi connectivity index (χ2n) is 5.33. The molecule has 0 saturated carbocycles. The SMILES string of the molecule is Cc1nnc(C(=O)Nc2ccc(C(=O)NCc3ccccc3)cc2)s1. The number of aromatic nitrogens is 2. The Morgan fingerprint density at radius 2 is 1.68 bits per heavy atom. The molecular weight excluding hydrogens is 336 g/mol. The summed E-state index contributed by atoms with van der Waals surface area (Å²) in [5.41, 5.74) is 2.16. The molecule has 1 heterocycles. The predicted octanol–water partition coefficient (Wildman–Crippen LogP) is 3.03. The summed E-state index contributed by atoms with van der Waals surface area (Å²) in [6, 6.07) is 16.4. The van der Waals surface area contributed by atoms with Crippen molar-refractivity contribution in [2.24, 2.45) is 0 Å². The minimum atomic E-state index is -0.313. The van der Waals surface area contributed by atoms with Crippen LogP contribution in [0.2, 0.25) is 0 Å². The summed E-state index contributed by atoms with van der Waals surface area (Å²) < 4.78 is 0. The summed E-state index contributed by atoms with van der Waals surface area (Å²) in [6.07, 6.45) is 0. The number of nitrogens with one attached hydrogen (secondary N) is 2. The molecule has 0 saturated heterocycles. The molecule has 6 nitrogen and oxygen atoms in total. The van der Waals surface area contributed by atoms with Crippen LogP contribution in [0.15, 0.2) is 54.6 Å². The van der Waals surface area contributed by atoms with Crippen LogP contribution in [-0.2, 0) is 6.54 Å². The fourth-order valence-electron chi connectivity index (χ4n) is 2.16. The molecule has 0 aliphatic carbocycles. The van der Waals surface area contributed by atoms with E-state index in [4.69, 9.17) is 0 Å². The Bertz CT molecular complexity index is 876. The fourth-order valence-corrected chi connectivity index (χ4v) is 2.74.